The minimum atomic E-state index is -0.150. The summed E-state index contributed by atoms with van der Waals surface area (Å²) in [6.07, 6.45) is 9.34. The topological polar surface area (TPSA) is 57.7 Å². The number of likely N-dealkylation sites (tertiary alicyclic amines) is 1. The second-order valence-electron chi connectivity index (χ2n) is 9.68. The molecule has 1 amide bonds. The minimum Gasteiger partial charge on any atom is -0.497 e. The summed E-state index contributed by atoms with van der Waals surface area (Å²) < 4.78 is 5.29. The zero-order valence-electron chi connectivity index (χ0n) is 21.5. The number of thiazole rings is 1. The largest absolute Gasteiger partial charge is 0.497 e. The molecule has 2 aliphatic rings. The van der Waals surface area contributed by atoms with E-state index in [1.165, 1.54) is 32.4 Å². The number of nitrogens with zero attached hydrogens (tertiary/aromatic N) is 3. The van der Waals surface area contributed by atoms with Crippen molar-refractivity contribution in [1.29, 1.82) is 0 Å². The molecule has 2 unspecified atom stereocenters. The smallest absolute Gasteiger partial charge is 0.229 e. The lowest BCUT2D eigenvalue weighted by Crippen LogP contribution is -2.41. The number of carbonyl (C=O) groups excluding carboxylic acids is 1. The van der Waals surface area contributed by atoms with Crippen LogP contribution in [0.4, 0.5) is 0 Å². The third kappa shape index (κ3) is 6.44. The van der Waals surface area contributed by atoms with Crippen molar-refractivity contribution in [3.8, 4) is 16.3 Å². The summed E-state index contributed by atoms with van der Waals surface area (Å²) in [5.41, 5.74) is 3.15. The summed E-state index contributed by atoms with van der Waals surface area (Å²) in [6, 6.07) is 8.16. The molecule has 1 fully saturated rings. The maximum absolute atomic E-state index is 13.0. The van der Waals surface area contributed by atoms with Crippen molar-refractivity contribution in [1.82, 2.24) is 20.1 Å². The number of unbranched alkanes of at least 4 members (excludes halogenated alkanes) is 1. The Morgan fingerprint density at radius 2 is 1.91 bits per heavy atom. The third-order valence-electron chi connectivity index (χ3n) is 7.22. The Morgan fingerprint density at radius 1 is 1.14 bits per heavy atom. The first kappa shape index (κ1) is 25.7. The van der Waals surface area contributed by atoms with Gasteiger partial charge >= 0.3 is 0 Å². The average Bonchev–Trinajstić information content (AvgIpc) is 3.50. The highest BCUT2D eigenvalue weighted by Crippen LogP contribution is 2.36. The van der Waals surface area contributed by atoms with Crippen LogP contribution >= 0.6 is 11.3 Å². The molecule has 190 valence electrons. The van der Waals surface area contributed by atoms with Gasteiger partial charge in [0.15, 0.2) is 0 Å². The first-order chi connectivity index (χ1) is 17.1. The molecule has 0 bridgehead atoms. The number of ether oxygens (including phenoxy) is 1. The van der Waals surface area contributed by atoms with E-state index in [2.05, 4.69) is 40.4 Å². The van der Waals surface area contributed by atoms with Gasteiger partial charge in [0.1, 0.15) is 10.8 Å². The number of nitrogens with one attached hydrogen (secondary N) is 1. The zero-order valence-corrected chi connectivity index (χ0v) is 22.3. The summed E-state index contributed by atoms with van der Waals surface area (Å²) in [5, 5.41) is 6.27. The molecule has 2 aromatic rings. The zero-order chi connectivity index (χ0) is 24.6. The van der Waals surface area contributed by atoms with Gasteiger partial charge in [0, 0.05) is 30.1 Å². The Morgan fingerprint density at radius 3 is 2.63 bits per heavy atom. The minimum absolute atomic E-state index is 0.124. The monoisotopic (exact) mass is 496 g/mol. The van der Waals surface area contributed by atoms with Gasteiger partial charge in [-0.15, -0.1) is 11.3 Å². The van der Waals surface area contributed by atoms with Gasteiger partial charge in [-0.3, -0.25) is 4.79 Å². The fourth-order valence-electron chi connectivity index (χ4n) is 5.08. The highest BCUT2D eigenvalue weighted by molar-refractivity contribution is 7.13. The van der Waals surface area contributed by atoms with Gasteiger partial charge in [0.05, 0.1) is 24.4 Å². The van der Waals surface area contributed by atoms with Crippen molar-refractivity contribution in [2.45, 2.75) is 58.4 Å². The van der Waals surface area contributed by atoms with E-state index in [9.17, 15) is 4.79 Å². The lowest BCUT2D eigenvalue weighted by molar-refractivity contribution is -0.124. The van der Waals surface area contributed by atoms with E-state index in [0.29, 0.717) is 0 Å². The van der Waals surface area contributed by atoms with Crippen LogP contribution in [0.2, 0.25) is 0 Å². The highest BCUT2D eigenvalue weighted by atomic mass is 32.1. The molecular formula is C28H40N4O2S. The maximum Gasteiger partial charge on any atom is 0.229 e. The Hall–Kier alpha value is -2.38. The predicted octanol–water partition coefficient (Wildman–Crippen LogP) is 5.27. The fourth-order valence-corrected chi connectivity index (χ4v) is 5.90. The standard InChI is InChI=1S/C28H40N4O2S/c1-4-5-14-29-27(33)24-19-26(32(21(24)2)18-9-17-31-15-7-6-8-16-31)25-20-35-28(30-25)22-10-12-23(34-3)13-11-22/h10-13,19-21,24H,4-9,14-18H2,1-3H3,(H,29,33). The molecule has 1 aromatic carbocycles. The fraction of sp³-hybridized carbons (Fsp3) is 0.571. The Bertz CT molecular complexity index is 981. The van der Waals surface area contributed by atoms with Crippen molar-refractivity contribution in [3.63, 3.8) is 0 Å². The van der Waals surface area contributed by atoms with Gasteiger partial charge in [0.2, 0.25) is 5.91 Å². The lowest BCUT2D eigenvalue weighted by Gasteiger charge is -2.31. The second-order valence-corrected chi connectivity index (χ2v) is 10.5. The number of amides is 1. The first-order valence-corrected chi connectivity index (χ1v) is 14.1. The molecule has 1 saturated heterocycles. The molecule has 7 heteroatoms. The summed E-state index contributed by atoms with van der Waals surface area (Å²) in [7, 11) is 1.68. The van der Waals surface area contributed by atoms with Crippen molar-refractivity contribution in [3.05, 3.63) is 41.4 Å². The molecule has 0 aliphatic carbocycles. The van der Waals surface area contributed by atoms with Crippen molar-refractivity contribution >= 4 is 22.9 Å². The van der Waals surface area contributed by atoms with Crippen molar-refractivity contribution in [2.24, 2.45) is 5.92 Å². The SMILES string of the molecule is CCCCNC(=O)C1C=C(c2csc(-c3ccc(OC)cc3)n2)N(CCCN2CCCCC2)C1C. The Balaban J connectivity index is 1.50. The molecule has 6 nitrogen and oxygen atoms in total. The van der Waals surface area contributed by atoms with Crippen LogP contribution < -0.4 is 10.1 Å². The molecule has 35 heavy (non-hydrogen) atoms. The molecule has 3 heterocycles. The summed E-state index contributed by atoms with van der Waals surface area (Å²) >= 11 is 1.65. The van der Waals surface area contributed by atoms with Crippen LogP contribution in [-0.2, 0) is 4.79 Å². The summed E-state index contributed by atoms with van der Waals surface area (Å²) in [5.74, 6) is 0.824. The maximum atomic E-state index is 13.0. The molecule has 0 saturated carbocycles. The number of methoxy groups -OCH3 is 1. The highest BCUT2D eigenvalue weighted by Gasteiger charge is 2.36. The summed E-state index contributed by atoms with van der Waals surface area (Å²) in [4.78, 5) is 23.0. The van der Waals surface area contributed by atoms with Gasteiger partial charge in [-0.25, -0.2) is 4.98 Å². The van der Waals surface area contributed by atoms with Crippen LogP contribution in [0.25, 0.3) is 16.3 Å². The predicted molar refractivity (Wildman–Crippen MR) is 145 cm³/mol. The van der Waals surface area contributed by atoms with E-state index in [-0.39, 0.29) is 17.9 Å². The molecule has 0 radical (unpaired) electrons. The second kappa shape index (κ2) is 12.5. The van der Waals surface area contributed by atoms with E-state index in [1.54, 1.807) is 18.4 Å². The van der Waals surface area contributed by atoms with Gasteiger partial charge in [0.25, 0.3) is 0 Å². The quantitative estimate of drug-likeness (QED) is 0.430. The van der Waals surface area contributed by atoms with Crippen LogP contribution in [0, 0.1) is 5.92 Å². The third-order valence-corrected chi connectivity index (χ3v) is 8.11. The number of carbonyl (C=O) groups is 1. The number of aromatic nitrogens is 1. The number of hydrogen-bond donors (Lipinski definition) is 1. The van der Waals surface area contributed by atoms with Crippen molar-refractivity contribution < 1.29 is 9.53 Å². The van der Waals surface area contributed by atoms with E-state index in [1.807, 2.05) is 24.3 Å². The Labute approximate surface area is 214 Å². The van der Waals surface area contributed by atoms with Gasteiger partial charge in [-0.1, -0.05) is 19.8 Å². The molecular weight excluding hydrogens is 456 g/mol. The molecule has 2 atom stereocenters. The van der Waals surface area contributed by atoms with Crippen LogP contribution in [0.3, 0.4) is 0 Å². The van der Waals surface area contributed by atoms with E-state index in [4.69, 9.17) is 9.72 Å². The Kier molecular flexibility index (Phi) is 9.21. The van der Waals surface area contributed by atoms with Crippen LogP contribution in [0.15, 0.2) is 35.7 Å². The normalized spacial score (nSPS) is 20.7. The van der Waals surface area contributed by atoms with Crippen LogP contribution in [0.5, 0.6) is 5.75 Å². The van der Waals surface area contributed by atoms with Gasteiger partial charge in [-0.05, 0) is 82.6 Å². The molecule has 1 N–H and O–H groups in total. The summed E-state index contributed by atoms with van der Waals surface area (Å²) in [6.45, 7) is 9.58. The number of benzene rings is 1. The van der Waals surface area contributed by atoms with E-state index >= 15 is 0 Å². The van der Waals surface area contributed by atoms with Crippen LogP contribution in [0.1, 0.15) is 58.1 Å². The van der Waals surface area contributed by atoms with Crippen molar-refractivity contribution in [2.75, 3.05) is 39.8 Å². The van der Waals surface area contributed by atoms with E-state index in [0.717, 1.165) is 66.6 Å². The average molecular weight is 497 g/mol. The number of hydrogen-bond acceptors (Lipinski definition) is 6. The van der Waals surface area contributed by atoms with E-state index < -0.39 is 0 Å². The molecule has 2 aliphatic heterocycles. The van der Waals surface area contributed by atoms with Crippen LogP contribution in [-0.4, -0.2) is 66.6 Å². The lowest BCUT2D eigenvalue weighted by atomic mass is 10.0. The molecule has 1 aromatic heterocycles. The number of piperidine rings is 1. The van der Waals surface area contributed by atoms with Gasteiger partial charge < -0.3 is 19.9 Å². The molecule has 0 spiro atoms. The first-order valence-electron chi connectivity index (χ1n) is 13.2. The molecule has 4 rings (SSSR count). The van der Waals surface area contributed by atoms with Gasteiger partial charge in [-0.2, -0.15) is 0 Å². The number of rotatable bonds is 11.